The summed E-state index contributed by atoms with van der Waals surface area (Å²) in [6, 6.07) is 24.2. The van der Waals surface area contributed by atoms with Gasteiger partial charge in [0.25, 0.3) is 0 Å². The molecule has 1 unspecified atom stereocenters. The quantitative estimate of drug-likeness (QED) is 0.0226. The topological polar surface area (TPSA) is 110 Å². The Bertz CT molecular complexity index is 2820. The number of carbonyl (C=O) groups is 3. The Balaban J connectivity index is 0.936. The molecule has 4 aromatic rings. The number of esters is 2. The zero-order chi connectivity index (χ0) is 57.1. The monoisotopic (exact) mass is 1110 g/mol. The van der Waals surface area contributed by atoms with Crippen LogP contribution in [0.4, 0.5) is 22.4 Å². The molecule has 1 amide bonds. The van der Waals surface area contributed by atoms with Crippen molar-refractivity contribution >= 4 is 18.0 Å². The fourth-order valence-corrected chi connectivity index (χ4v) is 15.0. The van der Waals surface area contributed by atoms with Crippen LogP contribution in [-0.4, -0.2) is 68.6 Å². The van der Waals surface area contributed by atoms with Crippen molar-refractivity contribution in [3.63, 3.8) is 0 Å². The first-order valence-electron chi connectivity index (χ1n) is 28.9. The summed E-state index contributed by atoms with van der Waals surface area (Å²) in [6.45, 7) is 14.3. The van der Waals surface area contributed by atoms with Crippen molar-refractivity contribution in [3.8, 4) is 17.2 Å². The highest BCUT2D eigenvalue weighted by atomic mass is 19.2. The molecule has 80 heavy (non-hydrogen) atoms. The summed E-state index contributed by atoms with van der Waals surface area (Å²) in [5.41, 5.74) is 2.80. The molecule has 1 heterocycles. The van der Waals surface area contributed by atoms with Crippen molar-refractivity contribution in [3.05, 3.63) is 149 Å². The molecule has 0 radical (unpaired) electrons. The van der Waals surface area contributed by atoms with Crippen molar-refractivity contribution in [1.82, 2.24) is 4.90 Å². The number of methoxy groups -OCH3 is 2. The average Bonchev–Trinajstić information content (AvgIpc) is 4.21. The summed E-state index contributed by atoms with van der Waals surface area (Å²) in [6.07, 6.45) is 13.9. The van der Waals surface area contributed by atoms with E-state index in [0.29, 0.717) is 71.2 Å². The maximum atomic E-state index is 14.9. The lowest BCUT2D eigenvalue weighted by Crippen LogP contribution is -2.51. The zero-order valence-corrected chi connectivity index (χ0v) is 47.6. The van der Waals surface area contributed by atoms with Crippen molar-refractivity contribution in [2.24, 2.45) is 52.3 Å². The molecule has 0 spiro atoms. The second kappa shape index (κ2) is 24.5. The molecule has 3 saturated carbocycles. The number of likely N-dealkylation sites (tertiary alicyclic amines) is 1. The van der Waals surface area contributed by atoms with E-state index in [-0.39, 0.29) is 37.2 Å². The molecule has 4 aliphatic carbocycles. The summed E-state index contributed by atoms with van der Waals surface area (Å²) in [7, 11) is 3.19. The Morgan fingerprint density at radius 2 is 1.36 bits per heavy atom. The summed E-state index contributed by atoms with van der Waals surface area (Å²) < 4.78 is 91.8. The first-order valence-corrected chi connectivity index (χ1v) is 28.9. The lowest BCUT2D eigenvalue weighted by Gasteiger charge is -2.58. The van der Waals surface area contributed by atoms with E-state index >= 15 is 0 Å². The number of allylic oxidation sites excluding steroid dienone is 3. The van der Waals surface area contributed by atoms with Gasteiger partial charge in [-0.05, 0) is 145 Å². The number of carbonyl (C=O) groups excluding carboxylic acids is 3. The van der Waals surface area contributed by atoms with E-state index in [2.05, 4.69) is 64.5 Å². The summed E-state index contributed by atoms with van der Waals surface area (Å²) in [4.78, 5) is 42.5. The molecule has 14 heteroatoms. The van der Waals surface area contributed by atoms with Crippen molar-refractivity contribution < 1.29 is 60.4 Å². The predicted octanol–water partition coefficient (Wildman–Crippen LogP) is 14.9. The fourth-order valence-electron chi connectivity index (χ4n) is 15.0. The first-order chi connectivity index (χ1) is 38.3. The van der Waals surface area contributed by atoms with Crippen LogP contribution in [0.5, 0.6) is 17.2 Å². The number of hydrogen-bond acceptors (Lipinski definition) is 9. The number of fused-ring (bicyclic) bond motifs is 5. The lowest BCUT2D eigenvalue weighted by molar-refractivity contribution is -0.151. The maximum Gasteiger partial charge on any atom is 0.410 e. The normalized spacial score (nSPS) is 27.1. The van der Waals surface area contributed by atoms with Gasteiger partial charge in [-0.25, -0.2) is 13.6 Å². The van der Waals surface area contributed by atoms with E-state index in [1.165, 1.54) is 31.3 Å². The number of halogens is 4. The van der Waals surface area contributed by atoms with Gasteiger partial charge in [-0.1, -0.05) is 120 Å². The number of amides is 1. The Hall–Kier alpha value is -6.15. The van der Waals surface area contributed by atoms with Gasteiger partial charge in [0.1, 0.15) is 29.3 Å². The Labute approximate surface area is 469 Å². The second-order valence-corrected chi connectivity index (χ2v) is 24.0. The van der Waals surface area contributed by atoms with Crippen molar-refractivity contribution in [2.75, 3.05) is 27.4 Å². The van der Waals surface area contributed by atoms with Gasteiger partial charge in [0.2, 0.25) is 17.4 Å². The van der Waals surface area contributed by atoms with E-state index in [1.807, 2.05) is 78.9 Å². The van der Waals surface area contributed by atoms with Crippen LogP contribution in [0.15, 0.2) is 109 Å². The van der Waals surface area contributed by atoms with Crippen LogP contribution < -0.4 is 14.2 Å². The zero-order valence-electron chi connectivity index (χ0n) is 47.6. The van der Waals surface area contributed by atoms with Crippen LogP contribution in [0.2, 0.25) is 0 Å². The molecule has 5 aliphatic rings. The third kappa shape index (κ3) is 11.7. The van der Waals surface area contributed by atoms with Crippen LogP contribution in [0.1, 0.15) is 135 Å². The van der Waals surface area contributed by atoms with Crippen LogP contribution in [-0.2, 0) is 29.4 Å². The van der Waals surface area contributed by atoms with E-state index in [0.717, 1.165) is 36.0 Å². The van der Waals surface area contributed by atoms with Gasteiger partial charge in [0.15, 0.2) is 11.6 Å². The van der Waals surface area contributed by atoms with Gasteiger partial charge in [-0.2, -0.15) is 8.78 Å². The van der Waals surface area contributed by atoms with Crippen molar-refractivity contribution in [1.29, 1.82) is 0 Å². The smallest absolute Gasteiger partial charge is 0.410 e. The Kier molecular flexibility index (Phi) is 17.9. The molecule has 1 aliphatic heterocycles. The Morgan fingerprint density at radius 1 is 0.738 bits per heavy atom. The average molecular weight is 1110 g/mol. The van der Waals surface area contributed by atoms with E-state index in [4.69, 9.17) is 23.7 Å². The van der Waals surface area contributed by atoms with Gasteiger partial charge in [0.05, 0.1) is 46.3 Å². The molecule has 4 fully saturated rings. The largest absolute Gasteiger partial charge is 0.497 e. The molecule has 9 rings (SSSR count). The molecule has 0 bridgehead atoms. The highest BCUT2D eigenvalue weighted by Crippen LogP contribution is 2.67. The number of hydrogen-bond donors (Lipinski definition) is 0. The SMILES string of the molecule is CCC(/C=C/[C@@H](C)[C@H]1CC[C@H]2[C@@H]3CC=C4C[C@@H](OC(=O)N5C[C@H](OC(=O)CCC(=O)Oc6c(F)c(F)cc(F)c6F)C[C@H]5COC(c5ccccc5)(c5ccc(OC)cc5)c5ccc(OC)cc5)CC[C@]4(C)[C@H]3CC[C@]12C)C(C)C. The lowest BCUT2D eigenvalue weighted by atomic mass is 9.47. The minimum Gasteiger partial charge on any atom is -0.497 e. The van der Waals surface area contributed by atoms with Crippen LogP contribution in [0, 0.1) is 75.5 Å². The standard InChI is InChI=1S/C66H79F4NO9/c1-9-42(40(2)3)16-15-41(4)53-27-28-54-52-26-21-46-35-50(31-33-64(46,5)55(52)32-34-65(53,54)6)79-63(74)71-38-51(78-58(72)29-30-59(73)80-62-60(69)56(67)37-57(68)61(62)70)36-47(71)39-77-66(43-13-11-10-12-14-43,44-17-22-48(75-7)23-18-44)45-19-24-49(76-8)25-20-45/h10-25,37,40-42,47,50-55H,9,26-36,38-39H2,1-8H3/b16-15+/t41-,42?,47+,50+,51-,52+,53-,54+,55+,64+,65-/m1/s1. The number of rotatable bonds is 19. The highest BCUT2D eigenvalue weighted by Gasteiger charge is 2.59. The minimum atomic E-state index is -1.89. The molecular weight excluding hydrogens is 1030 g/mol. The number of benzene rings is 4. The van der Waals surface area contributed by atoms with E-state index < -0.39 is 77.6 Å². The molecule has 4 aromatic carbocycles. The second-order valence-electron chi connectivity index (χ2n) is 24.0. The van der Waals surface area contributed by atoms with Gasteiger partial charge < -0.3 is 28.4 Å². The van der Waals surface area contributed by atoms with Gasteiger partial charge in [-0.3, -0.25) is 14.5 Å². The van der Waals surface area contributed by atoms with E-state index in [9.17, 15) is 31.9 Å². The minimum absolute atomic E-state index is 0.00468. The molecule has 0 aromatic heterocycles. The van der Waals surface area contributed by atoms with Gasteiger partial charge in [0, 0.05) is 18.9 Å². The molecule has 10 nitrogen and oxygen atoms in total. The molecule has 1 saturated heterocycles. The predicted molar refractivity (Wildman–Crippen MR) is 297 cm³/mol. The number of nitrogens with zero attached hydrogens (tertiary/aromatic N) is 1. The molecular formula is C66H79F4NO9. The molecule has 0 N–H and O–H groups in total. The van der Waals surface area contributed by atoms with Gasteiger partial charge in [-0.15, -0.1) is 0 Å². The summed E-state index contributed by atoms with van der Waals surface area (Å²) in [5.74, 6) is -5.38. The maximum absolute atomic E-state index is 14.9. The Morgan fingerprint density at radius 3 is 1.98 bits per heavy atom. The van der Waals surface area contributed by atoms with Crippen LogP contribution in [0.25, 0.3) is 0 Å². The van der Waals surface area contributed by atoms with Crippen LogP contribution >= 0.6 is 0 Å². The highest BCUT2D eigenvalue weighted by molar-refractivity contribution is 5.79. The molecule has 11 atom stereocenters. The number of ether oxygens (including phenoxy) is 6. The van der Waals surface area contributed by atoms with Crippen LogP contribution in [0.3, 0.4) is 0 Å². The first kappa shape index (κ1) is 58.5. The fraction of sp³-hybridized carbons (Fsp3) is 0.530. The summed E-state index contributed by atoms with van der Waals surface area (Å²) >= 11 is 0. The summed E-state index contributed by atoms with van der Waals surface area (Å²) in [5, 5.41) is 0. The van der Waals surface area contributed by atoms with Crippen molar-refractivity contribution in [2.45, 2.75) is 142 Å². The third-order valence-corrected chi connectivity index (χ3v) is 19.4. The molecule has 430 valence electrons. The van der Waals surface area contributed by atoms with E-state index in [1.54, 1.807) is 19.1 Å². The third-order valence-electron chi connectivity index (χ3n) is 19.4. The van der Waals surface area contributed by atoms with Gasteiger partial charge >= 0.3 is 18.0 Å².